The second-order valence-electron chi connectivity index (χ2n) is 4.49. The first kappa shape index (κ1) is 13.7. The third-order valence-electron chi connectivity index (χ3n) is 2.46. The van der Waals surface area contributed by atoms with Gasteiger partial charge in [0.1, 0.15) is 12.0 Å². The minimum atomic E-state index is 0.208. The van der Waals surface area contributed by atoms with Gasteiger partial charge in [-0.25, -0.2) is 0 Å². The van der Waals surface area contributed by atoms with Gasteiger partial charge in [-0.3, -0.25) is 4.90 Å². The Morgan fingerprint density at radius 3 is 2.47 bits per heavy atom. The van der Waals surface area contributed by atoms with Crippen molar-refractivity contribution in [3.63, 3.8) is 0 Å². The Labute approximate surface area is 103 Å². The van der Waals surface area contributed by atoms with E-state index in [9.17, 15) is 4.79 Å². The minimum Gasteiger partial charge on any atom is -0.491 e. The number of benzene rings is 1. The lowest BCUT2D eigenvalue weighted by Crippen LogP contribution is -2.23. The standard InChI is InChI=1S/C14H21NO2/c1-12(2)17-14-6-4-13(5-7-14)8-9-15(3)10-11-16/h4-7,11-12H,8-10H2,1-3H3. The molecule has 0 unspecified atom stereocenters. The van der Waals surface area contributed by atoms with Crippen molar-refractivity contribution in [1.82, 2.24) is 4.90 Å². The Balaban J connectivity index is 2.42. The zero-order chi connectivity index (χ0) is 12.7. The van der Waals surface area contributed by atoms with Gasteiger partial charge in [-0.15, -0.1) is 0 Å². The summed E-state index contributed by atoms with van der Waals surface area (Å²) < 4.78 is 5.58. The predicted octanol–water partition coefficient (Wildman–Crippen LogP) is 2.15. The lowest BCUT2D eigenvalue weighted by Gasteiger charge is -2.13. The van der Waals surface area contributed by atoms with Crippen molar-refractivity contribution in [2.75, 3.05) is 20.1 Å². The van der Waals surface area contributed by atoms with Gasteiger partial charge in [0, 0.05) is 6.54 Å². The van der Waals surface area contributed by atoms with Gasteiger partial charge in [0.25, 0.3) is 0 Å². The van der Waals surface area contributed by atoms with E-state index in [0.29, 0.717) is 6.54 Å². The first-order chi connectivity index (χ1) is 8.11. The molecule has 0 aliphatic rings. The van der Waals surface area contributed by atoms with Crippen molar-refractivity contribution >= 4 is 6.29 Å². The van der Waals surface area contributed by atoms with Crippen LogP contribution in [0.3, 0.4) is 0 Å². The van der Waals surface area contributed by atoms with Gasteiger partial charge in [-0.05, 0) is 45.0 Å². The van der Waals surface area contributed by atoms with Crippen LogP contribution in [0.1, 0.15) is 19.4 Å². The van der Waals surface area contributed by atoms with Crippen LogP contribution in [0.5, 0.6) is 5.75 Å². The summed E-state index contributed by atoms with van der Waals surface area (Å²) in [6, 6.07) is 8.14. The van der Waals surface area contributed by atoms with Crippen LogP contribution < -0.4 is 4.74 Å². The number of hydrogen-bond acceptors (Lipinski definition) is 3. The summed E-state index contributed by atoms with van der Waals surface area (Å²) in [5, 5.41) is 0. The first-order valence-corrected chi connectivity index (χ1v) is 5.99. The number of nitrogens with zero attached hydrogens (tertiary/aromatic N) is 1. The SMILES string of the molecule is CC(C)Oc1ccc(CCN(C)CC=O)cc1. The number of likely N-dealkylation sites (N-methyl/N-ethyl adjacent to an activating group) is 1. The lowest BCUT2D eigenvalue weighted by atomic mass is 10.1. The molecule has 94 valence electrons. The predicted molar refractivity (Wildman–Crippen MR) is 69.5 cm³/mol. The quantitative estimate of drug-likeness (QED) is 0.678. The van der Waals surface area contributed by atoms with Gasteiger partial charge in [-0.2, -0.15) is 0 Å². The Morgan fingerprint density at radius 2 is 1.94 bits per heavy atom. The lowest BCUT2D eigenvalue weighted by molar-refractivity contribution is -0.108. The minimum absolute atomic E-state index is 0.208. The maximum absolute atomic E-state index is 10.3. The van der Waals surface area contributed by atoms with E-state index >= 15 is 0 Å². The molecule has 0 heterocycles. The second kappa shape index (κ2) is 7.07. The van der Waals surface area contributed by atoms with E-state index in [1.54, 1.807) is 0 Å². The maximum Gasteiger partial charge on any atom is 0.133 e. The van der Waals surface area contributed by atoms with Crippen LogP contribution >= 0.6 is 0 Å². The molecule has 0 saturated heterocycles. The molecule has 0 amide bonds. The molecule has 0 aliphatic carbocycles. The van der Waals surface area contributed by atoms with Crippen LogP contribution in [0.15, 0.2) is 24.3 Å². The molecule has 3 heteroatoms. The summed E-state index contributed by atoms with van der Waals surface area (Å²) >= 11 is 0. The topological polar surface area (TPSA) is 29.5 Å². The average Bonchev–Trinajstić information content (AvgIpc) is 2.28. The van der Waals surface area contributed by atoms with Gasteiger partial charge >= 0.3 is 0 Å². The second-order valence-corrected chi connectivity index (χ2v) is 4.49. The number of hydrogen-bond donors (Lipinski definition) is 0. The van der Waals surface area contributed by atoms with Crippen LogP contribution in [-0.2, 0) is 11.2 Å². The van der Waals surface area contributed by atoms with Crippen molar-refractivity contribution in [1.29, 1.82) is 0 Å². The monoisotopic (exact) mass is 235 g/mol. The molecule has 0 radical (unpaired) electrons. The Kier molecular flexibility index (Phi) is 5.70. The molecule has 0 fully saturated rings. The van der Waals surface area contributed by atoms with Crippen LogP contribution in [-0.4, -0.2) is 37.4 Å². The molecular weight excluding hydrogens is 214 g/mol. The molecule has 0 spiro atoms. The first-order valence-electron chi connectivity index (χ1n) is 5.99. The van der Waals surface area contributed by atoms with Crippen molar-refractivity contribution in [3.05, 3.63) is 29.8 Å². The number of carbonyl (C=O) groups excluding carboxylic acids is 1. The van der Waals surface area contributed by atoms with Crippen LogP contribution in [0.25, 0.3) is 0 Å². The molecule has 1 aromatic carbocycles. The number of ether oxygens (including phenoxy) is 1. The number of aldehydes is 1. The molecule has 0 aliphatic heterocycles. The molecule has 0 N–H and O–H groups in total. The Hall–Kier alpha value is -1.35. The van der Waals surface area contributed by atoms with Gasteiger partial charge in [0.2, 0.25) is 0 Å². The third kappa shape index (κ3) is 5.50. The fourth-order valence-electron chi connectivity index (χ4n) is 1.55. The zero-order valence-electron chi connectivity index (χ0n) is 10.8. The molecule has 0 atom stereocenters. The summed E-state index contributed by atoms with van der Waals surface area (Å²) in [6.07, 6.45) is 2.09. The summed E-state index contributed by atoms with van der Waals surface area (Å²) in [5.41, 5.74) is 1.26. The zero-order valence-corrected chi connectivity index (χ0v) is 10.8. The highest BCUT2D eigenvalue weighted by Gasteiger charge is 2.00. The third-order valence-corrected chi connectivity index (χ3v) is 2.46. The van der Waals surface area contributed by atoms with E-state index in [0.717, 1.165) is 25.0 Å². The molecule has 1 rings (SSSR count). The fourth-order valence-corrected chi connectivity index (χ4v) is 1.55. The highest BCUT2D eigenvalue weighted by Crippen LogP contribution is 2.14. The van der Waals surface area contributed by atoms with Crippen molar-refractivity contribution in [2.45, 2.75) is 26.4 Å². The van der Waals surface area contributed by atoms with Gasteiger partial charge in [0.15, 0.2) is 0 Å². The average molecular weight is 235 g/mol. The van der Waals surface area contributed by atoms with E-state index in [-0.39, 0.29) is 6.10 Å². The van der Waals surface area contributed by atoms with E-state index in [1.807, 2.05) is 37.9 Å². The molecule has 0 saturated carbocycles. The summed E-state index contributed by atoms with van der Waals surface area (Å²) in [5.74, 6) is 0.907. The largest absolute Gasteiger partial charge is 0.491 e. The maximum atomic E-state index is 10.3. The molecule has 3 nitrogen and oxygen atoms in total. The fraction of sp³-hybridized carbons (Fsp3) is 0.500. The van der Waals surface area contributed by atoms with Crippen LogP contribution in [0.4, 0.5) is 0 Å². The molecule has 1 aromatic rings. The number of carbonyl (C=O) groups is 1. The summed E-state index contributed by atoms with van der Waals surface area (Å²) in [7, 11) is 1.95. The van der Waals surface area contributed by atoms with E-state index in [2.05, 4.69) is 12.1 Å². The normalized spacial score (nSPS) is 10.9. The van der Waals surface area contributed by atoms with Crippen molar-refractivity contribution in [3.8, 4) is 5.75 Å². The highest BCUT2D eigenvalue weighted by molar-refractivity contribution is 5.51. The summed E-state index contributed by atoms with van der Waals surface area (Å²) in [6.45, 7) is 5.42. The van der Waals surface area contributed by atoms with E-state index in [4.69, 9.17) is 4.74 Å². The van der Waals surface area contributed by atoms with E-state index in [1.165, 1.54) is 5.56 Å². The Morgan fingerprint density at radius 1 is 1.29 bits per heavy atom. The van der Waals surface area contributed by atoms with Crippen LogP contribution in [0, 0.1) is 0 Å². The Bertz CT molecular complexity index is 333. The van der Waals surface area contributed by atoms with Crippen molar-refractivity contribution in [2.24, 2.45) is 0 Å². The van der Waals surface area contributed by atoms with Crippen molar-refractivity contribution < 1.29 is 9.53 Å². The highest BCUT2D eigenvalue weighted by atomic mass is 16.5. The molecular formula is C14H21NO2. The van der Waals surface area contributed by atoms with E-state index < -0.39 is 0 Å². The molecule has 17 heavy (non-hydrogen) atoms. The van der Waals surface area contributed by atoms with Crippen LogP contribution in [0.2, 0.25) is 0 Å². The molecule has 0 aromatic heterocycles. The van der Waals surface area contributed by atoms with Gasteiger partial charge in [-0.1, -0.05) is 12.1 Å². The summed E-state index contributed by atoms with van der Waals surface area (Å²) in [4.78, 5) is 12.3. The van der Waals surface area contributed by atoms with Gasteiger partial charge in [0.05, 0.1) is 12.6 Å². The molecule has 0 bridgehead atoms. The van der Waals surface area contributed by atoms with Gasteiger partial charge < -0.3 is 9.53 Å². The smallest absolute Gasteiger partial charge is 0.133 e. The number of rotatable bonds is 7.